The highest BCUT2D eigenvalue weighted by Crippen LogP contribution is 2.21. The summed E-state index contributed by atoms with van der Waals surface area (Å²) in [5.74, 6) is -0.835. The number of para-hydroxylation sites is 1. The Morgan fingerprint density at radius 1 is 1.17 bits per heavy atom. The Hall–Kier alpha value is -2.41. The molecule has 0 saturated carbocycles. The second-order valence-electron chi connectivity index (χ2n) is 5.32. The minimum Gasteiger partial charge on any atom is -0.352 e. The maximum Gasteiger partial charge on any atom is 0.261 e. The number of hydrogen-bond donors (Lipinski definition) is 2. The third-order valence-electron chi connectivity index (χ3n) is 3.39. The molecule has 0 spiro atoms. The van der Waals surface area contributed by atoms with E-state index in [9.17, 15) is 17.6 Å². The Bertz CT molecular complexity index is 851. The number of aryl methyl sites for hydroxylation is 1. The number of nitrogens with one attached hydrogen (secondary N) is 2. The van der Waals surface area contributed by atoms with Crippen molar-refractivity contribution in [3.8, 4) is 0 Å². The Morgan fingerprint density at radius 3 is 2.54 bits per heavy atom. The summed E-state index contributed by atoms with van der Waals surface area (Å²) in [6, 6.07) is 9.87. The molecule has 2 rings (SSSR count). The van der Waals surface area contributed by atoms with E-state index in [1.54, 1.807) is 18.2 Å². The molecule has 0 aliphatic rings. The molecule has 0 fully saturated rings. The van der Waals surface area contributed by atoms with Crippen LogP contribution in [-0.4, -0.2) is 20.9 Å². The van der Waals surface area contributed by atoms with Gasteiger partial charge in [-0.25, -0.2) is 12.8 Å². The van der Waals surface area contributed by atoms with Crippen LogP contribution in [0.25, 0.3) is 0 Å². The van der Waals surface area contributed by atoms with Crippen LogP contribution in [0.2, 0.25) is 0 Å². The molecule has 0 aromatic heterocycles. The smallest absolute Gasteiger partial charge is 0.261 e. The van der Waals surface area contributed by atoms with Gasteiger partial charge in [-0.1, -0.05) is 19.1 Å². The van der Waals surface area contributed by atoms with Crippen molar-refractivity contribution in [2.24, 2.45) is 0 Å². The van der Waals surface area contributed by atoms with Gasteiger partial charge in [0.05, 0.1) is 16.1 Å². The molecule has 0 saturated heterocycles. The predicted octanol–water partition coefficient (Wildman–Crippen LogP) is 3.07. The second kappa shape index (κ2) is 7.44. The van der Waals surface area contributed by atoms with Gasteiger partial charge >= 0.3 is 0 Å². The number of halogens is 1. The van der Waals surface area contributed by atoms with Gasteiger partial charge in [0.1, 0.15) is 5.82 Å². The predicted molar refractivity (Wildman–Crippen MR) is 91.0 cm³/mol. The van der Waals surface area contributed by atoms with Crippen molar-refractivity contribution in [3.05, 3.63) is 59.4 Å². The quantitative estimate of drug-likeness (QED) is 0.841. The zero-order valence-electron chi connectivity index (χ0n) is 13.5. The van der Waals surface area contributed by atoms with Gasteiger partial charge in [0.15, 0.2) is 0 Å². The van der Waals surface area contributed by atoms with Crippen molar-refractivity contribution in [2.75, 3.05) is 11.3 Å². The van der Waals surface area contributed by atoms with Gasteiger partial charge in [0, 0.05) is 6.54 Å². The Morgan fingerprint density at radius 2 is 1.88 bits per heavy atom. The summed E-state index contributed by atoms with van der Waals surface area (Å²) in [4.78, 5) is 12.1. The van der Waals surface area contributed by atoms with Crippen molar-refractivity contribution in [1.29, 1.82) is 0 Å². The van der Waals surface area contributed by atoms with Crippen molar-refractivity contribution in [1.82, 2.24) is 5.32 Å². The molecular formula is C17H19FN2O3S. The minimum atomic E-state index is -3.93. The van der Waals surface area contributed by atoms with Crippen LogP contribution >= 0.6 is 0 Å². The first-order valence-electron chi connectivity index (χ1n) is 7.51. The number of carbonyl (C=O) groups is 1. The van der Waals surface area contributed by atoms with Crippen LogP contribution in [0.4, 0.5) is 10.1 Å². The lowest BCUT2D eigenvalue weighted by atomic mass is 10.1. The average Bonchev–Trinajstić information content (AvgIpc) is 2.55. The first-order valence-corrected chi connectivity index (χ1v) is 8.99. The second-order valence-corrected chi connectivity index (χ2v) is 7.00. The maximum atomic E-state index is 13.3. The Balaban J connectivity index is 2.33. The normalized spacial score (nSPS) is 11.1. The van der Waals surface area contributed by atoms with Gasteiger partial charge in [-0.2, -0.15) is 0 Å². The largest absolute Gasteiger partial charge is 0.352 e. The van der Waals surface area contributed by atoms with Gasteiger partial charge in [0.25, 0.3) is 15.9 Å². The van der Waals surface area contributed by atoms with Gasteiger partial charge in [-0.05, 0) is 49.2 Å². The number of sulfonamides is 1. The van der Waals surface area contributed by atoms with E-state index >= 15 is 0 Å². The number of rotatable bonds is 6. The maximum absolute atomic E-state index is 13.3. The van der Waals surface area contributed by atoms with Crippen LogP contribution in [0.5, 0.6) is 0 Å². The summed E-state index contributed by atoms with van der Waals surface area (Å²) >= 11 is 0. The number of hydrogen-bond acceptors (Lipinski definition) is 3. The number of anilines is 1. The number of carbonyl (C=O) groups excluding carboxylic acids is 1. The summed E-state index contributed by atoms with van der Waals surface area (Å²) in [7, 11) is -3.93. The van der Waals surface area contributed by atoms with E-state index in [0.29, 0.717) is 6.54 Å². The van der Waals surface area contributed by atoms with E-state index in [-0.39, 0.29) is 27.6 Å². The van der Waals surface area contributed by atoms with Crippen molar-refractivity contribution >= 4 is 21.6 Å². The molecule has 24 heavy (non-hydrogen) atoms. The molecule has 1 amide bonds. The van der Waals surface area contributed by atoms with Crippen LogP contribution < -0.4 is 10.0 Å². The molecule has 2 N–H and O–H groups in total. The SMILES string of the molecule is CCCNC(=O)c1ccccc1NS(=O)(=O)c1ccc(F)c(C)c1. The van der Waals surface area contributed by atoms with Gasteiger partial charge in [-0.3, -0.25) is 9.52 Å². The van der Waals surface area contributed by atoms with Crippen molar-refractivity contribution in [3.63, 3.8) is 0 Å². The Kier molecular flexibility index (Phi) is 5.56. The molecule has 128 valence electrons. The standard InChI is InChI=1S/C17H19FN2O3S/c1-3-10-19-17(21)14-6-4-5-7-16(14)20-24(22,23)13-8-9-15(18)12(2)11-13/h4-9,11,20H,3,10H2,1-2H3,(H,19,21). The monoisotopic (exact) mass is 350 g/mol. The first-order chi connectivity index (χ1) is 11.3. The highest BCUT2D eigenvalue weighted by atomic mass is 32.2. The lowest BCUT2D eigenvalue weighted by Crippen LogP contribution is -2.25. The first kappa shape index (κ1) is 17.9. The minimum absolute atomic E-state index is 0.0647. The summed E-state index contributed by atoms with van der Waals surface area (Å²) in [6.07, 6.45) is 0.772. The third kappa shape index (κ3) is 4.11. The number of benzene rings is 2. The lowest BCUT2D eigenvalue weighted by Gasteiger charge is -2.13. The highest BCUT2D eigenvalue weighted by molar-refractivity contribution is 7.92. The topological polar surface area (TPSA) is 75.3 Å². The van der Waals surface area contributed by atoms with Crippen LogP contribution in [-0.2, 0) is 10.0 Å². The Labute approximate surface area is 141 Å². The fraction of sp³-hybridized carbons (Fsp3) is 0.235. The molecule has 5 nitrogen and oxygen atoms in total. The fourth-order valence-corrected chi connectivity index (χ4v) is 3.26. The third-order valence-corrected chi connectivity index (χ3v) is 4.75. The van der Waals surface area contributed by atoms with Crippen molar-refractivity contribution < 1.29 is 17.6 Å². The zero-order chi connectivity index (χ0) is 17.7. The van der Waals surface area contributed by atoms with E-state index in [0.717, 1.165) is 12.5 Å². The van der Waals surface area contributed by atoms with E-state index < -0.39 is 15.8 Å². The molecule has 2 aromatic rings. The van der Waals surface area contributed by atoms with E-state index in [2.05, 4.69) is 10.0 Å². The van der Waals surface area contributed by atoms with Crippen LogP contribution in [0, 0.1) is 12.7 Å². The van der Waals surface area contributed by atoms with Crippen LogP contribution in [0.15, 0.2) is 47.4 Å². The zero-order valence-corrected chi connectivity index (χ0v) is 14.3. The molecule has 7 heteroatoms. The molecular weight excluding hydrogens is 331 g/mol. The lowest BCUT2D eigenvalue weighted by molar-refractivity contribution is 0.0954. The van der Waals surface area contributed by atoms with E-state index in [1.165, 1.54) is 25.1 Å². The van der Waals surface area contributed by atoms with E-state index in [1.807, 2.05) is 6.92 Å². The highest BCUT2D eigenvalue weighted by Gasteiger charge is 2.19. The molecule has 2 aromatic carbocycles. The van der Waals surface area contributed by atoms with Gasteiger partial charge in [-0.15, -0.1) is 0 Å². The molecule has 0 unspecified atom stereocenters. The molecule has 0 radical (unpaired) electrons. The molecule has 0 atom stereocenters. The summed E-state index contributed by atoms with van der Waals surface area (Å²) < 4.78 is 40.7. The average molecular weight is 350 g/mol. The van der Waals surface area contributed by atoms with Gasteiger partial charge in [0.2, 0.25) is 0 Å². The van der Waals surface area contributed by atoms with Crippen LogP contribution in [0.3, 0.4) is 0 Å². The van der Waals surface area contributed by atoms with Crippen molar-refractivity contribution in [2.45, 2.75) is 25.2 Å². The molecule has 0 aliphatic heterocycles. The van der Waals surface area contributed by atoms with Gasteiger partial charge < -0.3 is 5.32 Å². The van der Waals surface area contributed by atoms with E-state index in [4.69, 9.17) is 0 Å². The summed E-state index contributed by atoms with van der Waals surface area (Å²) in [5, 5.41) is 2.71. The fourth-order valence-electron chi connectivity index (χ4n) is 2.09. The molecule has 0 bridgehead atoms. The summed E-state index contributed by atoms with van der Waals surface area (Å²) in [5.41, 5.74) is 0.633. The van der Waals surface area contributed by atoms with Crippen LogP contribution in [0.1, 0.15) is 29.3 Å². The molecule has 0 heterocycles. The summed E-state index contributed by atoms with van der Waals surface area (Å²) in [6.45, 7) is 3.91. The molecule has 0 aliphatic carbocycles. The number of amides is 1.